The molecule has 1 saturated heterocycles. The molecule has 2 bridgehead atoms. The maximum absolute atomic E-state index is 11.6. The molecule has 2 rings (SSSR count). The smallest absolute Gasteiger partial charge is 0.338 e. The Labute approximate surface area is 106 Å². The molecule has 0 radical (unpaired) electrons. The average Bonchev–Trinajstić information content (AvgIpc) is 2.45. The van der Waals surface area contributed by atoms with Crippen LogP contribution >= 0.6 is 0 Å². The maximum Gasteiger partial charge on any atom is 0.338 e. The quantitative estimate of drug-likeness (QED) is 0.763. The molecule has 0 aromatic rings. The lowest BCUT2D eigenvalue weighted by Crippen LogP contribution is -2.47. The first-order valence-electron chi connectivity index (χ1n) is 6.42. The summed E-state index contributed by atoms with van der Waals surface area (Å²) in [7, 11) is 0. The standard InChI is InChI=1S/C13H20O5/c1-7(2)4-9-5-13(16)6-10(18-12(13)15)11(9)17-8(3)14/h7,9-11,16H,4-6H2,1-3H3/t9-,10-,11+,13-/m0/s1. The molecule has 0 unspecified atom stereocenters. The van der Waals surface area contributed by atoms with Gasteiger partial charge in [-0.05, 0) is 18.8 Å². The van der Waals surface area contributed by atoms with Gasteiger partial charge in [0.15, 0.2) is 5.60 Å². The molecule has 5 nitrogen and oxygen atoms in total. The second kappa shape index (κ2) is 4.53. The summed E-state index contributed by atoms with van der Waals surface area (Å²) in [6.45, 7) is 5.48. The number of rotatable bonds is 3. The zero-order valence-electron chi connectivity index (χ0n) is 11.0. The molecule has 102 valence electrons. The number of fused-ring (bicyclic) bond motifs is 2. The Morgan fingerprint density at radius 2 is 2.22 bits per heavy atom. The lowest BCUT2D eigenvalue weighted by atomic mass is 9.74. The van der Waals surface area contributed by atoms with Crippen LogP contribution in [0.4, 0.5) is 0 Å². The first-order chi connectivity index (χ1) is 8.32. The van der Waals surface area contributed by atoms with Gasteiger partial charge in [0, 0.05) is 19.3 Å². The largest absolute Gasteiger partial charge is 0.458 e. The number of carbonyl (C=O) groups is 2. The molecule has 0 spiro atoms. The van der Waals surface area contributed by atoms with Gasteiger partial charge in [-0.25, -0.2) is 4.79 Å². The molecule has 2 fully saturated rings. The van der Waals surface area contributed by atoms with E-state index in [0.29, 0.717) is 12.3 Å². The van der Waals surface area contributed by atoms with E-state index >= 15 is 0 Å². The molecule has 1 heterocycles. The molecule has 1 aliphatic heterocycles. The number of hydrogen-bond donors (Lipinski definition) is 1. The van der Waals surface area contributed by atoms with E-state index in [4.69, 9.17) is 9.47 Å². The lowest BCUT2D eigenvalue weighted by molar-refractivity contribution is -0.163. The van der Waals surface area contributed by atoms with Gasteiger partial charge in [0.05, 0.1) is 0 Å². The fourth-order valence-electron chi connectivity index (χ4n) is 3.10. The number of aliphatic hydroxyl groups is 1. The fraction of sp³-hybridized carbons (Fsp3) is 0.846. The van der Waals surface area contributed by atoms with E-state index < -0.39 is 23.8 Å². The minimum Gasteiger partial charge on any atom is -0.458 e. The van der Waals surface area contributed by atoms with Crippen LogP contribution < -0.4 is 0 Å². The van der Waals surface area contributed by atoms with Crippen LogP contribution in [-0.4, -0.2) is 34.9 Å². The van der Waals surface area contributed by atoms with Crippen molar-refractivity contribution in [3.63, 3.8) is 0 Å². The first kappa shape index (κ1) is 13.3. The second-order valence-electron chi connectivity index (χ2n) is 5.85. The highest BCUT2D eigenvalue weighted by molar-refractivity contribution is 5.82. The first-order valence-corrected chi connectivity index (χ1v) is 6.42. The summed E-state index contributed by atoms with van der Waals surface area (Å²) >= 11 is 0. The summed E-state index contributed by atoms with van der Waals surface area (Å²) in [5.74, 6) is -0.564. The highest BCUT2D eigenvalue weighted by Gasteiger charge is 2.58. The minimum absolute atomic E-state index is 0.0240. The predicted octanol–water partition coefficient (Wildman–Crippen LogP) is 1.03. The van der Waals surface area contributed by atoms with Crippen molar-refractivity contribution in [3.8, 4) is 0 Å². The molecule has 18 heavy (non-hydrogen) atoms. The van der Waals surface area contributed by atoms with Crippen molar-refractivity contribution in [1.82, 2.24) is 0 Å². The van der Waals surface area contributed by atoms with Gasteiger partial charge in [0.1, 0.15) is 12.2 Å². The van der Waals surface area contributed by atoms with Crippen molar-refractivity contribution >= 4 is 11.9 Å². The van der Waals surface area contributed by atoms with Gasteiger partial charge in [0.25, 0.3) is 0 Å². The van der Waals surface area contributed by atoms with Crippen LogP contribution in [0.5, 0.6) is 0 Å². The Morgan fingerprint density at radius 3 is 2.78 bits per heavy atom. The van der Waals surface area contributed by atoms with Gasteiger partial charge in [-0.3, -0.25) is 4.79 Å². The van der Waals surface area contributed by atoms with Gasteiger partial charge >= 0.3 is 11.9 Å². The van der Waals surface area contributed by atoms with Crippen LogP contribution in [0.3, 0.4) is 0 Å². The van der Waals surface area contributed by atoms with E-state index in [-0.39, 0.29) is 18.3 Å². The number of carbonyl (C=O) groups excluding carboxylic acids is 2. The predicted molar refractivity (Wildman–Crippen MR) is 62.6 cm³/mol. The van der Waals surface area contributed by atoms with E-state index in [9.17, 15) is 14.7 Å². The van der Waals surface area contributed by atoms with Crippen LogP contribution in [0, 0.1) is 11.8 Å². The van der Waals surface area contributed by atoms with Crippen LogP contribution in [0.1, 0.15) is 40.0 Å². The summed E-state index contributed by atoms with van der Waals surface area (Å²) in [6.07, 6.45) is 0.435. The van der Waals surface area contributed by atoms with Crippen LogP contribution in [0.2, 0.25) is 0 Å². The Morgan fingerprint density at radius 1 is 1.56 bits per heavy atom. The molecule has 2 aliphatic rings. The molecular weight excluding hydrogens is 236 g/mol. The van der Waals surface area contributed by atoms with Crippen molar-refractivity contribution in [2.24, 2.45) is 11.8 Å². The minimum atomic E-state index is -1.37. The second-order valence-corrected chi connectivity index (χ2v) is 5.85. The number of hydrogen-bond acceptors (Lipinski definition) is 5. The fourth-order valence-corrected chi connectivity index (χ4v) is 3.10. The molecule has 1 N–H and O–H groups in total. The SMILES string of the molecule is CC(=O)O[C@@H]1[C@@H](CC(C)C)C[C@]2(O)C[C@@H]1OC2=O. The Kier molecular flexibility index (Phi) is 3.36. The van der Waals surface area contributed by atoms with E-state index in [0.717, 1.165) is 6.42 Å². The number of esters is 2. The molecule has 0 amide bonds. The topological polar surface area (TPSA) is 72.8 Å². The average molecular weight is 256 g/mol. The summed E-state index contributed by atoms with van der Waals surface area (Å²) in [6, 6.07) is 0. The van der Waals surface area contributed by atoms with Gasteiger partial charge < -0.3 is 14.6 Å². The summed E-state index contributed by atoms with van der Waals surface area (Å²) in [4.78, 5) is 22.8. The van der Waals surface area contributed by atoms with Crippen molar-refractivity contribution < 1.29 is 24.2 Å². The van der Waals surface area contributed by atoms with E-state index in [2.05, 4.69) is 13.8 Å². The normalized spacial score (nSPS) is 38.7. The summed E-state index contributed by atoms with van der Waals surface area (Å²) in [5.41, 5.74) is -1.37. The molecule has 0 aromatic carbocycles. The summed E-state index contributed by atoms with van der Waals surface area (Å²) in [5, 5.41) is 10.2. The molecule has 5 heteroatoms. The summed E-state index contributed by atoms with van der Waals surface area (Å²) < 4.78 is 10.4. The molecule has 1 aliphatic carbocycles. The molecule has 1 saturated carbocycles. The zero-order chi connectivity index (χ0) is 13.5. The third-order valence-corrected chi connectivity index (χ3v) is 3.68. The van der Waals surface area contributed by atoms with Crippen LogP contribution in [0.25, 0.3) is 0 Å². The molecular formula is C13H20O5. The van der Waals surface area contributed by atoms with Crippen molar-refractivity contribution in [2.75, 3.05) is 0 Å². The number of ether oxygens (including phenoxy) is 2. The van der Waals surface area contributed by atoms with Crippen molar-refractivity contribution in [3.05, 3.63) is 0 Å². The molecule has 0 aromatic heterocycles. The van der Waals surface area contributed by atoms with Gasteiger partial charge in [-0.1, -0.05) is 13.8 Å². The van der Waals surface area contributed by atoms with Gasteiger partial charge in [-0.2, -0.15) is 0 Å². The highest BCUT2D eigenvalue weighted by Crippen LogP contribution is 2.44. The highest BCUT2D eigenvalue weighted by atomic mass is 16.6. The monoisotopic (exact) mass is 256 g/mol. The maximum atomic E-state index is 11.6. The van der Waals surface area contributed by atoms with Gasteiger partial charge in [0.2, 0.25) is 0 Å². The zero-order valence-corrected chi connectivity index (χ0v) is 11.0. The van der Waals surface area contributed by atoms with E-state index in [1.807, 2.05) is 0 Å². The molecule has 4 atom stereocenters. The van der Waals surface area contributed by atoms with Crippen LogP contribution in [0.15, 0.2) is 0 Å². The van der Waals surface area contributed by atoms with Gasteiger partial charge in [-0.15, -0.1) is 0 Å². The van der Waals surface area contributed by atoms with Crippen molar-refractivity contribution in [1.29, 1.82) is 0 Å². The third-order valence-electron chi connectivity index (χ3n) is 3.68. The Balaban J connectivity index is 2.19. The van der Waals surface area contributed by atoms with E-state index in [1.165, 1.54) is 6.92 Å². The van der Waals surface area contributed by atoms with E-state index in [1.54, 1.807) is 0 Å². The lowest BCUT2D eigenvalue weighted by Gasteiger charge is -2.36. The Hall–Kier alpha value is -1.10. The van der Waals surface area contributed by atoms with Crippen molar-refractivity contribution in [2.45, 2.75) is 57.8 Å². The Bertz CT molecular complexity index is 364. The third kappa shape index (κ3) is 2.36. The van der Waals surface area contributed by atoms with Crippen LogP contribution in [-0.2, 0) is 19.1 Å².